The number of fused-ring (bicyclic) bond motifs is 1. The average molecular weight is 397 g/mol. The standard InChI is InChI=1S/C23H15N3O2S/c1-2-11-26-22(27)21(29-23(26)28)12-18-15-25(20-10-6-5-9-19(18)20)14-17-8-4-3-7-16(17)13-24/h1,3-10,12,15H,11,14H2/b21-12-. The van der Waals surface area contributed by atoms with E-state index in [-0.39, 0.29) is 17.7 Å². The number of terminal acetylenes is 1. The molecule has 2 aromatic carbocycles. The lowest BCUT2D eigenvalue weighted by Crippen LogP contribution is -2.28. The number of benzene rings is 2. The SMILES string of the molecule is C#CCN1C(=O)S/C(=C\c2cn(Cc3ccccc3C#N)c3ccccc23)C1=O. The van der Waals surface area contributed by atoms with Crippen LogP contribution in [0.25, 0.3) is 17.0 Å². The topological polar surface area (TPSA) is 66.1 Å². The number of thioether (sulfide) groups is 1. The van der Waals surface area contributed by atoms with E-state index in [1.807, 2.05) is 53.2 Å². The second kappa shape index (κ2) is 7.71. The lowest BCUT2D eigenvalue weighted by Gasteiger charge is -2.07. The zero-order valence-corrected chi connectivity index (χ0v) is 16.1. The molecule has 1 saturated heterocycles. The van der Waals surface area contributed by atoms with Gasteiger partial charge in [0.1, 0.15) is 0 Å². The van der Waals surface area contributed by atoms with Gasteiger partial charge in [-0.15, -0.1) is 6.42 Å². The first-order valence-corrected chi connectivity index (χ1v) is 9.68. The molecule has 2 amide bonds. The molecule has 2 heterocycles. The molecule has 0 bridgehead atoms. The summed E-state index contributed by atoms with van der Waals surface area (Å²) in [6, 6.07) is 17.5. The fraction of sp³-hybridized carbons (Fsp3) is 0.0870. The third kappa shape index (κ3) is 3.42. The Bertz CT molecular complexity index is 1260. The van der Waals surface area contributed by atoms with Crippen LogP contribution in [-0.4, -0.2) is 27.2 Å². The number of nitriles is 1. The maximum absolute atomic E-state index is 12.5. The highest BCUT2D eigenvalue weighted by Crippen LogP contribution is 2.34. The van der Waals surface area contributed by atoms with E-state index in [9.17, 15) is 14.9 Å². The van der Waals surface area contributed by atoms with E-state index in [4.69, 9.17) is 6.42 Å². The summed E-state index contributed by atoms with van der Waals surface area (Å²) in [6.45, 7) is 0.491. The Kier molecular flexibility index (Phi) is 4.95. The Hall–Kier alpha value is -3.74. The van der Waals surface area contributed by atoms with Gasteiger partial charge in [0.15, 0.2) is 0 Å². The van der Waals surface area contributed by atoms with Crippen LogP contribution in [0.1, 0.15) is 16.7 Å². The predicted molar refractivity (Wildman–Crippen MR) is 114 cm³/mol. The molecule has 0 unspecified atom stereocenters. The zero-order valence-electron chi connectivity index (χ0n) is 15.3. The summed E-state index contributed by atoms with van der Waals surface area (Å²) >= 11 is 0.895. The lowest BCUT2D eigenvalue weighted by atomic mass is 10.1. The molecular weight excluding hydrogens is 382 g/mol. The first-order chi connectivity index (χ1) is 14.1. The van der Waals surface area contributed by atoms with Crippen LogP contribution in [-0.2, 0) is 11.3 Å². The van der Waals surface area contributed by atoms with Crippen molar-refractivity contribution in [3.05, 3.63) is 76.3 Å². The Morgan fingerprint density at radius 3 is 2.66 bits per heavy atom. The molecule has 5 nitrogen and oxygen atoms in total. The van der Waals surface area contributed by atoms with Crippen molar-refractivity contribution in [1.82, 2.24) is 9.47 Å². The van der Waals surface area contributed by atoms with Gasteiger partial charge in [0.05, 0.1) is 23.1 Å². The average Bonchev–Trinajstić information content (AvgIpc) is 3.21. The van der Waals surface area contributed by atoms with Gasteiger partial charge in [-0.05, 0) is 35.5 Å². The molecule has 29 heavy (non-hydrogen) atoms. The number of nitrogens with zero attached hydrogens (tertiary/aromatic N) is 3. The van der Waals surface area contributed by atoms with E-state index < -0.39 is 0 Å². The Morgan fingerprint density at radius 2 is 1.86 bits per heavy atom. The van der Waals surface area contributed by atoms with E-state index in [2.05, 4.69) is 12.0 Å². The second-order valence-electron chi connectivity index (χ2n) is 6.47. The summed E-state index contributed by atoms with van der Waals surface area (Å²) in [5.74, 6) is 1.97. The van der Waals surface area contributed by atoms with Crippen molar-refractivity contribution >= 4 is 39.9 Å². The van der Waals surface area contributed by atoms with Crippen molar-refractivity contribution in [2.24, 2.45) is 0 Å². The van der Waals surface area contributed by atoms with Gasteiger partial charge in [0, 0.05) is 29.2 Å². The first-order valence-electron chi connectivity index (χ1n) is 8.87. The third-order valence-corrected chi connectivity index (χ3v) is 5.61. The summed E-state index contributed by atoms with van der Waals surface area (Å²) in [5.41, 5.74) is 3.36. The predicted octanol–water partition coefficient (Wildman–Crippen LogP) is 4.23. The van der Waals surface area contributed by atoms with Gasteiger partial charge >= 0.3 is 0 Å². The van der Waals surface area contributed by atoms with Crippen molar-refractivity contribution in [3.8, 4) is 18.4 Å². The lowest BCUT2D eigenvalue weighted by molar-refractivity contribution is -0.122. The largest absolute Gasteiger partial charge is 0.342 e. The maximum Gasteiger partial charge on any atom is 0.294 e. The second-order valence-corrected chi connectivity index (χ2v) is 7.46. The van der Waals surface area contributed by atoms with Crippen LogP contribution in [0.15, 0.2) is 59.6 Å². The van der Waals surface area contributed by atoms with Crippen LogP contribution in [0, 0.1) is 23.7 Å². The highest BCUT2D eigenvalue weighted by molar-refractivity contribution is 8.18. The van der Waals surface area contributed by atoms with Crippen molar-refractivity contribution in [3.63, 3.8) is 0 Å². The van der Waals surface area contributed by atoms with Gasteiger partial charge in [-0.1, -0.05) is 42.3 Å². The summed E-state index contributed by atoms with van der Waals surface area (Å²) in [4.78, 5) is 26.0. The molecule has 0 N–H and O–H groups in total. The molecule has 0 spiro atoms. The summed E-state index contributed by atoms with van der Waals surface area (Å²) in [5, 5.41) is 9.98. The van der Waals surface area contributed by atoms with Gasteiger partial charge in [0.25, 0.3) is 11.1 Å². The smallest absolute Gasteiger partial charge is 0.294 e. The molecule has 1 fully saturated rings. The third-order valence-electron chi connectivity index (χ3n) is 4.71. The Morgan fingerprint density at radius 1 is 1.10 bits per heavy atom. The van der Waals surface area contributed by atoms with Gasteiger partial charge < -0.3 is 4.57 Å². The Balaban J connectivity index is 1.76. The molecule has 0 radical (unpaired) electrons. The molecule has 0 aliphatic carbocycles. The van der Waals surface area contributed by atoms with Crippen molar-refractivity contribution in [1.29, 1.82) is 5.26 Å². The normalized spacial score (nSPS) is 15.1. The zero-order chi connectivity index (χ0) is 20.4. The molecule has 0 saturated carbocycles. The van der Waals surface area contributed by atoms with Crippen molar-refractivity contribution in [2.45, 2.75) is 6.54 Å². The molecule has 1 aliphatic rings. The molecule has 3 aromatic rings. The summed E-state index contributed by atoms with van der Waals surface area (Å²) in [7, 11) is 0. The molecule has 140 valence electrons. The highest BCUT2D eigenvalue weighted by Gasteiger charge is 2.34. The van der Waals surface area contributed by atoms with E-state index in [1.165, 1.54) is 0 Å². The van der Waals surface area contributed by atoms with Crippen LogP contribution >= 0.6 is 11.8 Å². The molecule has 6 heteroatoms. The fourth-order valence-corrected chi connectivity index (χ4v) is 4.17. The number of hydrogen-bond donors (Lipinski definition) is 0. The first kappa shape index (κ1) is 18.6. The quantitative estimate of drug-likeness (QED) is 0.488. The number of hydrogen-bond acceptors (Lipinski definition) is 4. The van der Waals surface area contributed by atoms with Crippen LogP contribution < -0.4 is 0 Å². The summed E-state index contributed by atoms with van der Waals surface area (Å²) < 4.78 is 2.04. The minimum Gasteiger partial charge on any atom is -0.342 e. The number of rotatable bonds is 4. The fourth-order valence-electron chi connectivity index (χ4n) is 3.34. The van der Waals surface area contributed by atoms with Crippen LogP contribution in [0.4, 0.5) is 4.79 Å². The number of amides is 2. The Labute approximate surface area is 172 Å². The van der Waals surface area contributed by atoms with Crippen LogP contribution in [0.5, 0.6) is 0 Å². The number of para-hydroxylation sites is 1. The number of imide groups is 1. The number of aromatic nitrogens is 1. The molecular formula is C23H15N3O2S. The van der Waals surface area contributed by atoms with Crippen molar-refractivity contribution < 1.29 is 9.59 Å². The minimum atomic E-state index is -0.371. The van der Waals surface area contributed by atoms with E-state index >= 15 is 0 Å². The van der Waals surface area contributed by atoms with Gasteiger partial charge in [-0.3, -0.25) is 14.5 Å². The molecule has 1 aliphatic heterocycles. The molecule has 1 aromatic heterocycles. The number of carbonyl (C=O) groups excluding carboxylic acids is 2. The van der Waals surface area contributed by atoms with E-state index in [1.54, 1.807) is 12.1 Å². The van der Waals surface area contributed by atoms with Crippen LogP contribution in [0.2, 0.25) is 0 Å². The van der Waals surface area contributed by atoms with E-state index in [0.29, 0.717) is 17.0 Å². The van der Waals surface area contributed by atoms with Gasteiger partial charge in [-0.25, -0.2) is 0 Å². The molecule has 4 rings (SSSR count). The molecule has 0 atom stereocenters. The van der Waals surface area contributed by atoms with Gasteiger partial charge in [-0.2, -0.15) is 5.26 Å². The van der Waals surface area contributed by atoms with Crippen molar-refractivity contribution in [2.75, 3.05) is 6.54 Å². The number of carbonyl (C=O) groups is 2. The highest BCUT2D eigenvalue weighted by atomic mass is 32.2. The monoisotopic (exact) mass is 397 g/mol. The van der Waals surface area contributed by atoms with E-state index in [0.717, 1.165) is 38.7 Å². The van der Waals surface area contributed by atoms with Gasteiger partial charge in [0.2, 0.25) is 0 Å². The summed E-state index contributed by atoms with van der Waals surface area (Å²) in [6.07, 6.45) is 8.93. The minimum absolute atomic E-state index is 0.0330. The maximum atomic E-state index is 12.5. The van der Waals surface area contributed by atoms with Crippen LogP contribution in [0.3, 0.4) is 0 Å².